The molecule has 0 fully saturated rings. The molecule has 0 bridgehead atoms. The van der Waals surface area contributed by atoms with Gasteiger partial charge in [0, 0.05) is 17.4 Å². The lowest BCUT2D eigenvalue weighted by Gasteiger charge is -2.41. The Balaban J connectivity index is 1.93. The zero-order chi connectivity index (χ0) is 23.9. The van der Waals surface area contributed by atoms with Crippen molar-refractivity contribution in [3.8, 4) is 6.07 Å². The van der Waals surface area contributed by atoms with Crippen molar-refractivity contribution < 1.29 is 27.1 Å². The lowest BCUT2D eigenvalue weighted by molar-refractivity contribution is -0.249. The monoisotopic (exact) mass is 469 g/mol. The Morgan fingerprint density at radius 3 is 2.59 bits per heavy atom. The summed E-state index contributed by atoms with van der Waals surface area (Å²) in [4.78, 5) is 20.2. The lowest BCUT2D eigenvalue weighted by atomic mass is 9.89. The molecule has 7 nitrogen and oxygen atoms in total. The summed E-state index contributed by atoms with van der Waals surface area (Å²) in [5, 5.41) is 11.3. The second-order valence-electron chi connectivity index (χ2n) is 7.41. The number of alkyl halides is 3. The molecule has 12 heteroatoms. The third-order valence-corrected chi connectivity index (χ3v) is 5.32. The van der Waals surface area contributed by atoms with Gasteiger partial charge >= 0.3 is 6.18 Å². The molecule has 3 N–H and O–H groups in total. The molecule has 1 aromatic heterocycles. The molecule has 32 heavy (non-hydrogen) atoms. The van der Waals surface area contributed by atoms with Crippen LogP contribution in [0.2, 0.25) is 5.02 Å². The molecule has 3 rings (SSSR count). The van der Waals surface area contributed by atoms with Gasteiger partial charge in [-0.2, -0.15) is 18.4 Å². The maximum absolute atomic E-state index is 14.6. The van der Waals surface area contributed by atoms with Crippen molar-refractivity contribution in [2.45, 2.75) is 31.2 Å². The van der Waals surface area contributed by atoms with Crippen LogP contribution >= 0.6 is 11.6 Å². The second-order valence-corrected chi connectivity index (χ2v) is 7.81. The predicted molar refractivity (Wildman–Crippen MR) is 108 cm³/mol. The van der Waals surface area contributed by atoms with Gasteiger partial charge in [0.15, 0.2) is 0 Å². The van der Waals surface area contributed by atoms with E-state index in [1.807, 2.05) is 6.07 Å². The molecule has 0 saturated heterocycles. The molecule has 1 amide bonds. The number of halogens is 5. The molecule has 1 aromatic carbocycles. The number of benzene rings is 1. The summed E-state index contributed by atoms with van der Waals surface area (Å²) in [6.45, 7) is 1.49. The van der Waals surface area contributed by atoms with E-state index in [4.69, 9.17) is 27.3 Å². The number of anilines is 1. The summed E-state index contributed by atoms with van der Waals surface area (Å²) in [5.74, 6) is -2.37. The van der Waals surface area contributed by atoms with Gasteiger partial charge in [0.1, 0.15) is 29.0 Å². The Kier molecular flexibility index (Phi) is 5.88. The number of amides is 1. The number of carbonyl (C=O) groups is 1. The van der Waals surface area contributed by atoms with Crippen LogP contribution < -0.4 is 11.1 Å². The van der Waals surface area contributed by atoms with E-state index in [-0.39, 0.29) is 27.5 Å². The molecule has 1 aliphatic heterocycles. The van der Waals surface area contributed by atoms with Crippen LogP contribution in [0.5, 0.6) is 0 Å². The van der Waals surface area contributed by atoms with E-state index in [1.165, 1.54) is 25.1 Å². The maximum atomic E-state index is 14.6. The van der Waals surface area contributed by atoms with Crippen molar-refractivity contribution in [1.82, 2.24) is 4.98 Å². The third-order valence-electron chi connectivity index (χ3n) is 5.03. The number of aromatic nitrogens is 1. The molecule has 2 aromatic rings. The second kappa shape index (κ2) is 8.03. The van der Waals surface area contributed by atoms with Gasteiger partial charge in [0.05, 0.1) is 17.2 Å². The van der Waals surface area contributed by atoms with Gasteiger partial charge in [-0.3, -0.25) is 9.79 Å². The normalized spacial score (nSPS) is 23.2. The SMILES string of the molecule is C[C@@]1(c2cc(NC(=O)c3ncc(C#N)cc3Cl)ccc2F)CO[C@@](C)(C(F)(F)F)C(N)=N1. The summed E-state index contributed by atoms with van der Waals surface area (Å²) < 4.78 is 59.6. The molecular formula is C20H16ClF4N5O2. The van der Waals surface area contributed by atoms with Crippen LogP contribution in [0.1, 0.15) is 35.5 Å². The first-order valence-electron chi connectivity index (χ1n) is 9.04. The van der Waals surface area contributed by atoms with Crippen LogP contribution in [0.3, 0.4) is 0 Å². The number of amidine groups is 1. The number of aliphatic imine (C=N–C) groups is 1. The zero-order valence-corrected chi connectivity index (χ0v) is 17.5. The van der Waals surface area contributed by atoms with Crippen LogP contribution in [0, 0.1) is 17.1 Å². The third kappa shape index (κ3) is 4.11. The van der Waals surface area contributed by atoms with E-state index < -0.39 is 41.5 Å². The first-order valence-corrected chi connectivity index (χ1v) is 9.42. The van der Waals surface area contributed by atoms with E-state index in [2.05, 4.69) is 15.3 Å². The molecular weight excluding hydrogens is 454 g/mol. The highest BCUT2D eigenvalue weighted by Gasteiger charge is 2.59. The van der Waals surface area contributed by atoms with E-state index in [9.17, 15) is 22.4 Å². The van der Waals surface area contributed by atoms with Gasteiger partial charge < -0.3 is 15.8 Å². The van der Waals surface area contributed by atoms with Crippen LogP contribution in [0.4, 0.5) is 23.2 Å². The van der Waals surface area contributed by atoms with E-state index >= 15 is 0 Å². The summed E-state index contributed by atoms with van der Waals surface area (Å²) in [7, 11) is 0. The van der Waals surface area contributed by atoms with Crippen molar-refractivity contribution in [2.75, 3.05) is 11.9 Å². The Bertz CT molecular complexity index is 1160. The Morgan fingerprint density at radius 1 is 1.34 bits per heavy atom. The maximum Gasteiger partial charge on any atom is 0.424 e. The number of ether oxygens (including phenoxy) is 1. The summed E-state index contributed by atoms with van der Waals surface area (Å²) in [5.41, 5.74) is 1.13. The average Bonchev–Trinajstić information content (AvgIpc) is 2.71. The molecule has 0 unspecified atom stereocenters. The highest BCUT2D eigenvalue weighted by molar-refractivity contribution is 6.34. The predicted octanol–water partition coefficient (Wildman–Crippen LogP) is 3.92. The number of carbonyl (C=O) groups excluding carboxylic acids is 1. The fourth-order valence-corrected chi connectivity index (χ4v) is 3.25. The Labute approximate surface area is 184 Å². The number of nitriles is 1. The van der Waals surface area contributed by atoms with Crippen LogP contribution in [0.25, 0.3) is 0 Å². The first kappa shape index (κ1) is 23.4. The number of hydrogen-bond donors (Lipinski definition) is 2. The molecule has 2 heterocycles. The van der Waals surface area contributed by atoms with Gasteiger partial charge in [-0.15, -0.1) is 0 Å². The molecule has 1 aliphatic rings. The van der Waals surface area contributed by atoms with Gasteiger partial charge in [-0.25, -0.2) is 9.37 Å². The minimum Gasteiger partial charge on any atom is -0.385 e. The van der Waals surface area contributed by atoms with Gasteiger partial charge in [0.2, 0.25) is 5.60 Å². The lowest BCUT2D eigenvalue weighted by Crippen LogP contribution is -2.60. The topological polar surface area (TPSA) is 113 Å². The number of hydrogen-bond acceptors (Lipinski definition) is 6. The fourth-order valence-electron chi connectivity index (χ4n) is 3.00. The number of nitrogens with two attached hydrogens (primary N) is 1. The molecule has 2 atom stereocenters. The standard InChI is InChI=1S/C20H16ClF4N5O2/c1-18(9-32-19(2,17(27)30-18)20(23,24)25)12-6-11(3-4-14(12)22)29-16(31)15-13(21)5-10(7-26)8-28-15/h3-6,8H,9H2,1-2H3,(H2,27,30)(H,29,31)/t18-,19+/m0/s1. The van der Waals surface area contributed by atoms with Gasteiger partial charge in [-0.05, 0) is 38.1 Å². The molecule has 0 radical (unpaired) electrons. The van der Waals surface area contributed by atoms with E-state index in [0.717, 1.165) is 19.2 Å². The first-order chi connectivity index (χ1) is 14.8. The van der Waals surface area contributed by atoms with Crippen molar-refractivity contribution >= 4 is 29.0 Å². The van der Waals surface area contributed by atoms with Crippen LogP contribution in [-0.4, -0.2) is 35.1 Å². The average molecular weight is 470 g/mol. The zero-order valence-electron chi connectivity index (χ0n) is 16.7. The van der Waals surface area contributed by atoms with Crippen molar-refractivity contribution in [1.29, 1.82) is 5.26 Å². The van der Waals surface area contributed by atoms with E-state index in [1.54, 1.807) is 0 Å². The Morgan fingerprint density at radius 2 is 2.03 bits per heavy atom. The largest absolute Gasteiger partial charge is 0.424 e. The molecule has 0 spiro atoms. The van der Waals surface area contributed by atoms with Gasteiger partial charge in [0.25, 0.3) is 5.91 Å². The quantitative estimate of drug-likeness (QED) is 0.661. The summed E-state index contributed by atoms with van der Waals surface area (Å²) in [6, 6.07) is 6.57. The van der Waals surface area contributed by atoms with Crippen molar-refractivity contribution in [3.63, 3.8) is 0 Å². The number of pyridine rings is 1. The highest BCUT2D eigenvalue weighted by Crippen LogP contribution is 2.41. The molecule has 0 saturated carbocycles. The highest BCUT2D eigenvalue weighted by atomic mass is 35.5. The summed E-state index contributed by atoms with van der Waals surface area (Å²) >= 11 is 5.97. The summed E-state index contributed by atoms with van der Waals surface area (Å²) in [6.07, 6.45) is -3.66. The Hall–Kier alpha value is -3.23. The number of nitrogens with zero attached hydrogens (tertiary/aromatic N) is 3. The minimum absolute atomic E-state index is 0.0691. The number of nitrogens with one attached hydrogen (secondary N) is 1. The van der Waals surface area contributed by atoms with Crippen molar-refractivity contribution in [3.05, 3.63) is 58.1 Å². The van der Waals surface area contributed by atoms with Gasteiger partial charge in [-0.1, -0.05) is 11.6 Å². The van der Waals surface area contributed by atoms with E-state index in [0.29, 0.717) is 0 Å². The van der Waals surface area contributed by atoms with Crippen LogP contribution in [0.15, 0.2) is 35.5 Å². The fraction of sp³-hybridized carbons (Fsp3) is 0.300. The molecule has 168 valence electrons. The smallest absolute Gasteiger partial charge is 0.385 e. The molecule has 0 aliphatic carbocycles. The number of rotatable bonds is 3. The van der Waals surface area contributed by atoms with Crippen molar-refractivity contribution in [2.24, 2.45) is 10.7 Å². The minimum atomic E-state index is -4.82. The van der Waals surface area contributed by atoms with Crippen LogP contribution in [-0.2, 0) is 10.3 Å².